The van der Waals surface area contributed by atoms with E-state index >= 15 is 0 Å². The molecule has 6 rings (SSSR count). The molecule has 2 atom stereocenters. The first-order valence-corrected chi connectivity index (χ1v) is 12.7. The highest BCUT2D eigenvalue weighted by atomic mass is 19.1. The van der Waals surface area contributed by atoms with Crippen LogP contribution in [-0.2, 0) is 11.3 Å². The monoisotopic (exact) mass is 510 g/mol. The summed E-state index contributed by atoms with van der Waals surface area (Å²) in [5.74, 6) is -0.403. The van der Waals surface area contributed by atoms with Gasteiger partial charge in [0.1, 0.15) is 11.4 Å². The van der Waals surface area contributed by atoms with Crippen molar-refractivity contribution in [1.82, 2.24) is 19.5 Å². The van der Waals surface area contributed by atoms with Crippen molar-refractivity contribution >= 4 is 22.8 Å². The maximum absolute atomic E-state index is 13.3. The summed E-state index contributed by atoms with van der Waals surface area (Å²) in [5.41, 5.74) is 4.46. The number of aryl methyl sites for hydroxylation is 1. The van der Waals surface area contributed by atoms with E-state index < -0.39 is 11.4 Å². The molecule has 0 unspecified atom stereocenters. The number of imidazole rings is 1. The van der Waals surface area contributed by atoms with Gasteiger partial charge in [0.05, 0.1) is 65.0 Å². The summed E-state index contributed by atoms with van der Waals surface area (Å²) < 4.78 is 21.5. The lowest BCUT2D eigenvalue weighted by Crippen LogP contribution is -2.45. The molecule has 1 saturated carbocycles. The van der Waals surface area contributed by atoms with Gasteiger partial charge in [-0.25, -0.2) is 14.2 Å². The number of nitriles is 1. The molecular weight excluding hydrogens is 483 g/mol. The van der Waals surface area contributed by atoms with Crippen molar-refractivity contribution in [2.45, 2.75) is 51.7 Å². The van der Waals surface area contributed by atoms with E-state index in [4.69, 9.17) is 4.74 Å². The third kappa shape index (κ3) is 4.26. The number of benzene rings is 1. The lowest BCUT2D eigenvalue weighted by Gasteiger charge is -2.43. The minimum absolute atomic E-state index is 0.115. The summed E-state index contributed by atoms with van der Waals surface area (Å²) in [5, 5.41) is 9.33. The van der Waals surface area contributed by atoms with Crippen molar-refractivity contribution in [2.24, 2.45) is 5.41 Å². The number of fused-ring (bicyclic) bond motifs is 1. The Morgan fingerprint density at radius 3 is 2.71 bits per heavy atom. The summed E-state index contributed by atoms with van der Waals surface area (Å²) in [6.07, 6.45) is 7.78. The second-order valence-corrected chi connectivity index (χ2v) is 10.9. The molecule has 8 nitrogen and oxygen atoms in total. The number of anilines is 1. The molecule has 1 spiro atoms. The van der Waals surface area contributed by atoms with Gasteiger partial charge in [0.2, 0.25) is 0 Å². The van der Waals surface area contributed by atoms with Gasteiger partial charge in [0.25, 0.3) is 0 Å². The minimum Gasteiger partial charge on any atom is -0.441 e. The van der Waals surface area contributed by atoms with Crippen molar-refractivity contribution in [3.63, 3.8) is 0 Å². The molecule has 3 aromatic heterocycles. The Bertz CT molecular complexity index is 1590. The molecule has 0 N–H and O–H groups in total. The van der Waals surface area contributed by atoms with Crippen LogP contribution in [0.4, 0.5) is 14.9 Å². The van der Waals surface area contributed by atoms with Crippen LogP contribution in [0.3, 0.4) is 0 Å². The zero-order valence-electron chi connectivity index (χ0n) is 21.3. The molecule has 2 aliphatic rings. The molecule has 1 aliphatic carbocycles. The third-order valence-electron chi connectivity index (χ3n) is 7.80. The number of hydrogen-bond acceptors (Lipinski definition) is 6. The smallest absolute Gasteiger partial charge is 0.415 e. The fourth-order valence-corrected chi connectivity index (χ4v) is 6.12. The average molecular weight is 511 g/mol. The number of halogens is 1. The standard InChI is InChI=1S/C29H27FN6O2/c1-19-10-24(22-7-5-21(30)13-32-22)33-14-26(19)36-17-29(38-27(36)37)9-3-8-28(2,15-29)16-35-18-34-23-6-4-20(12-31)11-25(23)35/h4-7,10-11,13-14,18H,3,8-9,15-17H2,1-2H3/t28-,29+/m0/s1. The molecule has 9 heteroatoms. The van der Waals surface area contributed by atoms with Crippen LogP contribution in [-0.4, -0.2) is 37.8 Å². The topological polar surface area (TPSA) is 96.9 Å². The maximum Gasteiger partial charge on any atom is 0.415 e. The fraction of sp³-hybridized carbons (Fsp3) is 0.345. The number of pyridine rings is 2. The van der Waals surface area contributed by atoms with Crippen molar-refractivity contribution in [3.05, 3.63) is 72.1 Å². The van der Waals surface area contributed by atoms with Crippen LogP contribution in [0.1, 0.15) is 43.7 Å². The average Bonchev–Trinajstić information content (AvgIpc) is 3.43. The molecule has 1 amide bonds. The molecule has 1 saturated heterocycles. The van der Waals surface area contributed by atoms with Crippen LogP contribution in [0.5, 0.6) is 0 Å². The summed E-state index contributed by atoms with van der Waals surface area (Å²) in [4.78, 5) is 28.0. The number of aromatic nitrogens is 4. The van der Waals surface area contributed by atoms with E-state index in [1.165, 1.54) is 6.07 Å². The zero-order valence-corrected chi connectivity index (χ0v) is 21.3. The Kier molecular flexibility index (Phi) is 5.64. The van der Waals surface area contributed by atoms with Crippen LogP contribution < -0.4 is 4.90 Å². The van der Waals surface area contributed by atoms with Gasteiger partial charge >= 0.3 is 6.09 Å². The summed E-state index contributed by atoms with van der Waals surface area (Å²) in [7, 11) is 0. The second kappa shape index (κ2) is 8.91. The van der Waals surface area contributed by atoms with E-state index in [1.807, 2.05) is 31.5 Å². The van der Waals surface area contributed by atoms with Gasteiger partial charge in [0.15, 0.2) is 0 Å². The highest BCUT2D eigenvalue weighted by Crippen LogP contribution is 2.48. The molecule has 1 aliphatic heterocycles. The normalized spacial score (nSPS) is 23.1. The SMILES string of the molecule is Cc1cc(-c2ccc(F)cn2)ncc1N1C[C@]2(CCC[C@](C)(Cn3cnc4ccc(C#N)cc43)C2)OC1=O. The third-order valence-corrected chi connectivity index (χ3v) is 7.80. The Labute approximate surface area is 219 Å². The number of carbonyl (C=O) groups excluding carboxylic acids is 1. The second-order valence-electron chi connectivity index (χ2n) is 10.9. The largest absolute Gasteiger partial charge is 0.441 e. The first-order valence-electron chi connectivity index (χ1n) is 12.7. The van der Waals surface area contributed by atoms with Gasteiger partial charge in [-0.1, -0.05) is 6.92 Å². The van der Waals surface area contributed by atoms with E-state index in [2.05, 4.69) is 32.5 Å². The van der Waals surface area contributed by atoms with Crippen molar-refractivity contribution in [1.29, 1.82) is 5.26 Å². The molecule has 38 heavy (non-hydrogen) atoms. The van der Waals surface area contributed by atoms with Gasteiger partial charge in [-0.05, 0) is 80.0 Å². The van der Waals surface area contributed by atoms with E-state index in [-0.39, 0.29) is 11.5 Å². The lowest BCUT2D eigenvalue weighted by molar-refractivity contribution is -0.0264. The quantitative estimate of drug-likeness (QED) is 0.345. The number of ether oxygens (including phenoxy) is 1. The Morgan fingerprint density at radius 2 is 1.95 bits per heavy atom. The predicted molar refractivity (Wildman–Crippen MR) is 140 cm³/mol. The van der Waals surface area contributed by atoms with Gasteiger partial charge < -0.3 is 9.30 Å². The first kappa shape index (κ1) is 24.0. The Hall–Kier alpha value is -4.32. The number of hydrogen-bond donors (Lipinski definition) is 0. The van der Waals surface area contributed by atoms with Crippen molar-refractivity contribution in [2.75, 3.05) is 11.4 Å². The van der Waals surface area contributed by atoms with Crippen LogP contribution in [0.15, 0.2) is 55.1 Å². The fourth-order valence-electron chi connectivity index (χ4n) is 6.12. The maximum atomic E-state index is 13.3. The van der Waals surface area contributed by atoms with Crippen LogP contribution >= 0.6 is 0 Å². The number of rotatable bonds is 4. The molecular formula is C29H27FN6O2. The molecule has 2 fully saturated rings. The summed E-state index contributed by atoms with van der Waals surface area (Å²) >= 11 is 0. The molecule has 0 radical (unpaired) electrons. The van der Waals surface area contributed by atoms with Gasteiger partial charge in [-0.3, -0.25) is 14.9 Å². The van der Waals surface area contributed by atoms with E-state index in [0.29, 0.717) is 29.2 Å². The van der Waals surface area contributed by atoms with E-state index in [9.17, 15) is 14.4 Å². The molecule has 1 aromatic carbocycles. The Balaban J connectivity index is 1.23. The zero-order chi connectivity index (χ0) is 26.5. The van der Waals surface area contributed by atoms with Gasteiger partial charge in [-0.2, -0.15) is 5.26 Å². The lowest BCUT2D eigenvalue weighted by atomic mass is 9.68. The van der Waals surface area contributed by atoms with Gasteiger partial charge in [-0.15, -0.1) is 0 Å². The Morgan fingerprint density at radius 1 is 1.11 bits per heavy atom. The van der Waals surface area contributed by atoms with Gasteiger partial charge in [0, 0.05) is 6.54 Å². The highest BCUT2D eigenvalue weighted by molar-refractivity contribution is 5.91. The summed E-state index contributed by atoms with van der Waals surface area (Å²) in [6.45, 7) is 5.34. The summed E-state index contributed by atoms with van der Waals surface area (Å²) in [6, 6.07) is 12.5. The highest BCUT2D eigenvalue weighted by Gasteiger charge is 2.52. The molecule has 192 valence electrons. The number of nitrogens with zero attached hydrogens (tertiary/aromatic N) is 6. The predicted octanol–water partition coefficient (Wildman–Crippen LogP) is 5.79. The van der Waals surface area contributed by atoms with Crippen molar-refractivity contribution < 1.29 is 13.9 Å². The van der Waals surface area contributed by atoms with Crippen molar-refractivity contribution in [3.8, 4) is 17.5 Å². The van der Waals surface area contributed by atoms with E-state index in [0.717, 1.165) is 55.0 Å². The van der Waals surface area contributed by atoms with Crippen LogP contribution in [0.2, 0.25) is 0 Å². The molecule has 4 heterocycles. The van der Waals surface area contributed by atoms with Crippen LogP contribution in [0, 0.1) is 29.5 Å². The van der Waals surface area contributed by atoms with E-state index in [1.54, 1.807) is 23.2 Å². The molecule has 4 aromatic rings. The number of amides is 1. The molecule has 0 bridgehead atoms. The minimum atomic E-state index is -0.581. The number of carbonyl (C=O) groups is 1. The van der Waals surface area contributed by atoms with Crippen LogP contribution in [0.25, 0.3) is 22.4 Å². The first-order chi connectivity index (χ1) is 18.3.